The van der Waals surface area contributed by atoms with Gasteiger partial charge in [-0.25, -0.2) is 9.37 Å². The molecule has 1 aromatic carbocycles. The lowest BCUT2D eigenvalue weighted by Crippen LogP contribution is -2.45. The van der Waals surface area contributed by atoms with Crippen molar-refractivity contribution >= 4 is 17.2 Å². The summed E-state index contributed by atoms with van der Waals surface area (Å²) in [5.41, 5.74) is 4.83. The molecule has 2 unspecified atom stereocenters. The quantitative estimate of drug-likeness (QED) is 0.790. The van der Waals surface area contributed by atoms with E-state index in [0.717, 1.165) is 21.7 Å². The summed E-state index contributed by atoms with van der Waals surface area (Å²) in [5.74, 6) is -0.434. The summed E-state index contributed by atoms with van der Waals surface area (Å²) in [5, 5.41) is 14.7. The molecule has 23 heavy (non-hydrogen) atoms. The maximum absolute atomic E-state index is 13.6. The molecular formula is C16H18FN3O2S. The monoisotopic (exact) mass is 335 g/mol. The fourth-order valence-corrected chi connectivity index (χ4v) is 3.40. The lowest BCUT2D eigenvalue weighted by molar-refractivity contribution is -0.124. The molecule has 3 atom stereocenters. The summed E-state index contributed by atoms with van der Waals surface area (Å²) in [6.07, 6.45) is -2.68. The van der Waals surface area contributed by atoms with E-state index in [1.807, 2.05) is 36.7 Å². The zero-order valence-electron chi connectivity index (χ0n) is 12.6. The van der Waals surface area contributed by atoms with Gasteiger partial charge in [0.25, 0.3) is 0 Å². The Hall–Kier alpha value is -1.83. The number of halogens is 1. The van der Waals surface area contributed by atoms with E-state index in [1.54, 1.807) is 11.3 Å². The predicted molar refractivity (Wildman–Crippen MR) is 86.8 cm³/mol. The van der Waals surface area contributed by atoms with Crippen LogP contribution in [0.15, 0.2) is 29.8 Å². The number of benzene rings is 1. The number of rotatable bonds is 4. The number of aromatic nitrogens is 1. The van der Waals surface area contributed by atoms with Crippen LogP contribution in [0.25, 0.3) is 10.4 Å². The molecule has 1 saturated heterocycles. The van der Waals surface area contributed by atoms with Crippen molar-refractivity contribution in [3.63, 3.8) is 0 Å². The third-order valence-corrected chi connectivity index (χ3v) is 4.92. The SMILES string of the molecule is Cc1ncsc1-c1ccc(CNC(=O)[C@@H]2NCC(O)C2F)cc1. The van der Waals surface area contributed by atoms with Gasteiger partial charge in [-0.3, -0.25) is 4.79 Å². The Kier molecular flexibility index (Phi) is 4.70. The number of carbonyl (C=O) groups excluding carboxylic acids is 1. The van der Waals surface area contributed by atoms with E-state index in [4.69, 9.17) is 0 Å². The average molecular weight is 335 g/mol. The molecule has 0 radical (unpaired) electrons. The van der Waals surface area contributed by atoms with Crippen LogP contribution in [0.3, 0.4) is 0 Å². The number of aryl methyl sites for hydroxylation is 1. The molecule has 1 aliphatic rings. The van der Waals surface area contributed by atoms with Crippen LogP contribution in [0, 0.1) is 6.92 Å². The molecule has 5 nitrogen and oxygen atoms in total. The van der Waals surface area contributed by atoms with Crippen molar-refractivity contribution in [1.29, 1.82) is 0 Å². The van der Waals surface area contributed by atoms with E-state index < -0.39 is 24.2 Å². The first-order chi connectivity index (χ1) is 11.1. The van der Waals surface area contributed by atoms with Gasteiger partial charge < -0.3 is 15.7 Å². The van der Waals surface area contributed by atoms with E-state index >= 15 is 0 Å². The van der Waals surface area contributed by atoms with E-state index in [1.165, 1.54) is 0 Å². The van der Waals surface area contributed by atoms with Crippen LogP contribution < -0.4 is 10.6 Å². The molecule has 0 spiro atoms. The first-order valence-corrected chi connectivity index (χ1v) is 8.27. The normalized spacial score (nSPS) is 23.9. The van der Waals surface area contributed by atoms with Gasteiger partial charge in [0.15, 0.2) is 6.17 Å². The highest BCUT2D eigenvalue weighted by molar-refractivity contribution is 7.13. The summed E-state index contributed by atoms with van der Waals surface area (Å²) in [7, 11) is 0. The molecule has 122 valence electrons. The minimum atomic E-state index is -1.56. The Morgan fingerprint density at radius 2 is 2.22 bits per heavy atom. The third kappa shape index (κ3) is 3.41. The van der Waals surface area contributed by atoms with E-state index in [-0.39, 0.29) is 6.54 Å². The van der Waals surface area contributed by atoms with Crippen LogP contribution in [0.1, 0.15) is 11.3 Å². The minimum absolute atomic E-state index is 0.0994. The van der Waals surface area contributed by atoms with Crippen LogP contribution >= 0.6 is 11.3 Å². The zero-order chi connectivity index (χ0) is 16.4. The van der Waals surface area contributed by atoms with E-state index in [9.17, 15) is 14.3 Å². The van der Waals surface area contributed by atoms with Crippen molar-refractivity contribution in [2.75, 3.05) is 6.54 Å². The Labute approximate surface area is 137 Å². The number of nitrogens with zero attached hydrogens (tertiary/aromatic N) is 1. The van der Waals surface area contributed by atoms with Crippen molar-refractivity contribution in [3.8, 4) is 10.4 Å². The second kappa shape index (κ2) is 6.74. The molecule has 1 fully saturated rings. The molecule has 0 bridgehead atoms. The summed E-state index contributed by atoms with van der Waals surface area (Å²) in [6, 6.07) is 6.84. The van der Waals surface area contributed by atoms with E-state index in [0.29, 0.717) is 6.54 Å². The van der Waals surface area contributed by atoms with Crippen molar-refractivity contribution in [2.24, 2.45) is 0 Å². The fourth-order valence-electron chi connectivity index (χ4n) is 2.58. The summed E-state index contributed by atoms with van der Waals surface area (Å²) in [6.45, 7) is 2.39. The van der Waals surface area contributed by atoms with Crippen molar-refractivity contribution in [3.05, 3.63) is 41.0 Å². The Morgan fingerprint density at radius 3 is 2.78 bits per heavy atom. The average Bonchev–Trinajstić information content (AvgIpc) is 3.12. The third-order valence-electron chi connectivity index (χ3n) is 3.94. The summed E-state index contributed by atoms with van der Waals surface area (Å²) in [4.78, 5) is 17.3. The van der Waals surface area contributed by atoms with Crippen LogP contribution in [0.2, 0.25) is 0 Å². The van der Waals surface area contributed by atoms with Crippen molar-refractivity contribution < 1.29 is 14.3 Å². The standard InChI is InChI=1S/C16H18FN3O2S/c1-9-15(23-8-20-9)11-4-2-10(3-5-11)6-19-16(22)14-13(17)12(21)7-18-14/h2-5,8,12-14,18,21H,6-7H2,1H3,(H,19,22)/t12?,13?,14-/m1/s1. The van der Waals surface area contributed by atoms with Crippen molar-refractivity contribution in [1.82, 2.24) is 15.6 Å². The molecule has 1 amide bonds. The van der Waals surface area contributed by atoms with Gasteiger partial charge in [-0.05, 0) is 18.1 Å². The number of aliphatic hydroxyl groups is 1. The highest BCUT2D eigenvalue weighted by atomic mass is 32.1. The maximum atomic E-state index is 13.6. The molecule has 7 heteroatoms. The highest BCUT2D eigenvalue weighted by Gasteiger charge is 2.39. The molecule has 1 aromatic heterocycles. The van der Waals surface area contributed by atoms with Gasteiger partial charge in [-0.15, -0.1) is 11.3 Å². The number of aliphatic hydroxyl groups excluding tert-OH is 1. The van der Waals surface area contributed by atoms with Crippen molar-refractivity contribution in [2.45, 2.75) is 31.8 Å². The lowest BCUT2D eigenvalue weighted by atomic mass is 10.1. The topological polar surface area (TPSA) is 74.2 Å². The Balaban J connectivity index is 1.59. The Morgan fingerprint density at radius 1 is 1.48 bits per heavy atom. The predicted octanol–water partition coefficient (Wildman–Crippen LogP) is 1.41. The van der Waals surface area contributed by atoms with E-state index in [2.05, 4.69) is 15.6 Å². The number of carbonyl (C=O) groups is 1. The zero-order valence-corrected chi connectivity index (χ0v) is 13.4. The highest BCUT2D eigenvalue weighted by Crippen LogP contribution is 2.27. The van der Waals surface area contributed by atoms with Gasteiger partial charge in [0.1, 0.15) is 6.04 Å². The van der Waals surface area contributed by atoms with Crippen LogP contribution in [0.5, 0.6) is 0 Å². The number of alkyl halides is 1. The number of β-amino-alcohol motifs (C(OH)–C–C–N with tert-alkyl or cyclic N) is 1. The second-order valence-electron chi connectivity index (χ2n) is 5.58. The number of amides is 1. The number of hydrogen-bond acceptors (Lipinski definition) is 5. The molecule has 3 N–H and O–H groups in total. The molecule has 0 saturated carbocycles. The molecule has 2 heterocycles. The van der Waals surface area contributed by atoms with Crippen LogP contribution in [0.4, 0.5) is 4.39 Å². The number of thiazole rings is 1. The van der Waals surface area contributed by atoms with Gasteiger partial charge in [-0.2, -0.15) is 0 Å². The molecule has 1 aliphatic heterocycles. The van der Waals surface area contributed by atoms with Gasteiger partial charge in [0, 0.05) is 13.1 Å². The van der Waals surface area contributed by atoms with Crippen LogP contribution in [-0.2, 0) is 11.3 Å². The maximum Gasteiger partial charge on any atom is 0.240 e. The molecule has 0 aliphatic carbocycles. The molecule has 2 aromatic rings. The summed E-state index contributed by atoms with van der Waals surface area (Å²) < 4.78 is 13.6. The van der Waals surface area contributed by atoms with Crippen LogP contribution in [-0.4, -0.2) is 40.9 Å². The second-order valence-corrected chi connectivity index (χ2v) is 6.43. The lowest BCUT2D eigenvalue weighted by Gasteiger charge is -2.14. The van der Waals surface area contributed by atoms with Gasteiger partial charge in [-0.1, -0.05) is 24.3 Å². The van der Waals surface area contributed by atoms with Gasteiger partial charge >= 0.3 is 0 Å². The summed E-state index contributed by atoms with van der Waals surface area (Å²) >= 11 is 1.59. The Bertz CT molecular complexity index is 689. The molecule has 3 rings (SSSR count). The largest absolute Gasteiger partial charge is 0.389 e. The smallest absolute Gasteiger partial charge is 0.240 e. The number of hydrogen-bond donors (Lipinski definition) is 3. The first-order valence-electron chi connectivity index (χ1n) is 7.39. The minimum Gasteiger partial charge on any atom is -0.389 e. The van der Waals surface area contributed by atoms with Gasteiger partial charge in [0.2, 0.25) is 5.91 Å². The first kappa shape index (κ1) is 16.0. The fraction of sp³-hybridized carbons (Fsp3) is 0.375. The molecular weight excluding hydrogens is 317 g/mol. The van der Waals surface area contributed by atoms with Gasteiger partial charge in [0.05, 0.1) is 22.2 Å². The number of nitrogens with one attached hydrogen (secondary N) is 2.